The average Bonchev–Trinajstić information content (AvgIpc) is 3.30. The third-order valence-electron chi connectivity index (χ3n) is 6.97. The Hall–Kier alpha value is -3.86. The van der Waals surface area contributed by atoms with Gasteiger partial charge in [0.05, 0.1) is 10.8 Å². The number of aryl methyl sites for hydroxylation is 1. The lowest BCUT2D eigenvalue weighted by Gasteiger charge is -2.22. The van der Waals surface area contributed by atoms with Crippen LogP contribution in [0.4, 0.5) is 10.7 Å². The zero-order chi connectivity index (χ0) is 27.4. The first kappa shape index (κ1) is 26.7. The molecule has 1 heterocycles. The van der Waals surface area contributed by atoms with E-state index in [4.69, 9.17) is 0 Å². The number of rotatable bonds is 7. The maximum Gasteiger partial charge on any atom is 0.255 e. The van der Waals surface area contributed by atoms with Gasteiger partial charge in [0, 0.05) is 21.0 Å². The van der Waals surface area contributed by atoms with Crippen LogP contribution >= 0.6 is 23.1 Å². The molecule has 0 fully saturated rings. The fraction of sp³-hybridized carbons (Fsp3) is 0.219. The van der Waals surface area contributed by atoms with Crippen molar-refractivity contribution in [2.24, 2.45) is 0 Å². The lowest BCUT2D eigenvalue weighted by atomic mass is 9.83. The highest BCUT2D eigenvalue weighted by molar-refractivity contribution is 8.00. The van der Waals surface area contributed by atoms with E-state index in [0.29, 0.717) is 27.7 Å². The van der Waals surface area contributed by atoms with Gasteiger partial charge in [-0.25, -0.2) is 0 Å². The Morgan fingerprint density at radius 1 is 1.03 bits per heavy atom. The lowest BCUT2D eigenvalue weighted by molar-refractivity contribution is -0.115. The average molecular weight is 552 g/mol. The van der Waals surface area contributed by atoms with E-state index in [-0.39, 0.29) is 11.8 Å². The van der Waals surface area contributed by atoms with Crippen molar-refractivity contribution in [3.05, 3.63) is 112 Å². The highest BCUT2D eigenvalue weighted by atomic mass is 32.2. The van der Waals surface area contributed by atoms with Crippen LogP contribution in [0.1, 0.15) is 56.8 Å². The molecule has 0 aliphatic heterocycles. The van der Waals surface area contributed by atoms with Crippen molar-refractivity contribution < 1.29 is 9.59 Å². The van der Waals surface area contributed by atoms with Gasteiger partial charge in [-0.3, -0.25) is 9.59 Å². The number of nitrogens with one attached hydrogen (secondary N) is 2. The van der Waals surface area contributed by atoms with Crippen LogP contribution in [0.25, 0.3) is 0 Å². The number of fused-ring (bicyclic) bond motifs is 1. The number of nitriles is 1. The molecule has 5 rings (SSSR count). The molecule has 0 saturated carbocycles. The molecule has 5 nitrogen and oxygen atoms in total. The van der Waals surface area contributed by atoms with Crippen LogP contribution in [0.2, 0.25) is 0 Å². The summed E-state index contributed by atoms with van der Waals surface area (Å²) in [6.45, 7) is 3.83. The van der Waals surface area contributed by atoms with Gasteiger partial charge in [-0.1, -0.05) is 54.1 Å². The van der Waals surface area contributed by atoms with Gasteiger partial charge in [-0.15, -0.1) is 23.1 Å². The van der Waals surface area contributed by atoms with Crippen LogP contribution in [0.5, 0.6) is 0 Å². The Labute approximate surface area is 237 Å². The van der Waals surface area contributed by atoms with Crippen LogP contribution in [-0.4, -0.2) is 17.1 Å². The van der Waals surface area contributed by atoms with Crippen molar-refractivity contribution in [2.75, 3.05) is 10.6 Å². The zero-order valence-corrected chi connectivity index (χ0v) is 23.5. The smallest absolute Gasteiger partial charge is 0.255 e. The first-order valence-electron chi connectivity index (χ1n) is 13.0. The van der Waals surface area contributed by atoms with Crippen LogP contribution in [0.15, 0.2) is 83.8 Å². The van der Waals surface area contributed by atoms with Gasteiger partial charge in [-0.05, 0) is 80.5 Å². The molecule has 4 aromatic rings. The highest BCUT2D eigenvalue weighted by Crippen LogP contribution is 2.42. The monoisotopic (exact) mass is 551 g/mol. The van der Waals surface area contributed by atoms with Crippen LogP contribution in [0, 0.1) is 18.3 Å². The quantitative estimate of drug-likeness (QED) is 0.232. The van der Waals surface area contributed by atoms with Crippen LogP contribution in [-0.2, 0) is 17.6 Å². The van der Waals surface area contributed by atoms with Crippen LogP contribution < -0.4 is 10.6 Å². The molecule has 7 heteroatoms. The van der Waals surface area contributed by atoms with Crippen molar-refractivity contribution in [3.8, 4) is 6.07 Å². The van der Waals surface area contributed by atoms with Gasteiger partial charge in [-0.2, -0.15) is 5.26 Å². The summed E-state index contributed by atoms with van der Waals surface area (Å²) in [5, 5.41) is 16.1. The summed E-state index contributed by atoms with van der Waals surface area (Å²) in [6.07, 6.45) is 2.73. The van der Waals surface area contributed by atoms with Gasteiger partial charge in [0.15, 0.2) is 0 Å². The number of carbonyl (C=O) groups is 2. The Morgan fingerprint density at radius 2 is 1.79 bits per heavy atom. The van der Waals surface area contributed by atoms with Crippen molar-refractivity contribution in [2.45, 2.75) is 49.2 Å². The molecule has 1 aliphatic rings. The second-order valence-electron chi connectivity index (χ2n) is 9.77. The van der Waals surface area contributed by atoms with E-state index in [2.05, 4.69) is 41.0 Å². The Morgan fingerprint density at radius 3 is 2.54 bits per heavy atom. The molecule has 0 bridgehead atoms. The molecule has 196 valence electrons. The molecule has 2 atom stereocenters. The van der Waals surface area contributed by atoms with E-state index < -0.39 is 5.25 Å². The molecule has 1 aromatic heterocycles. The summed E-state index contributed by atoms with van der Waals surface area (Å²) in [5.41, 5.74) is 5.37. The second-order valence-corrected chi connectivity index (χ2v) is 12.3. The van der Waals surface area contributed by atoms with Gasteiger partial charge in [0.2, 0.25) is 5.91 Å². The molecule has 2 unspecified atom stereocenters. The van der Waals surface area contributed by atoms with Crippen LogP contribution in [0.3, 0.4) is 0 Å². The number of carbonyl (C=O) groups excluding carboxylic acids is 2. The summed E-state index contributed by atoms with van der Waals surface area (Å²) < 4.78 is 0. The van der Waals surface area contributed by atoms with Gasteiger partial charge >= 0.3 is 0 Å². The summed E-state index contributed by atoms with van der Waals surface area (Å²) >= 11 is 2.95. The summed E-state index contributed by atoms with van der Waals surface area (Å²) in [6, 6.07) is 27.7. The molecule has 2 N–H and O–H groups in total. The van der Waals surface area contributed by atoms with Crippen molar-refractivity contribution in [3.63, 3.8) is 0 Å². The first-order valence-corrected chi connectivity index (χ1v) is 14.7. The van der Waals surface area contributed by atoms with E-state index in [1.807, 2.05) is 56.3 Å². The highest BCUT2D eigenvalue weighted by Gasteiger charge is 2.28. The molecular formula is C32H29N3O2S2. The minimum Gasteiger partial charge on any atom is -0.322 e. The molecule has 2 amide bonds. The van der Waals surface area contributed by atoms with Crippen molar-refractivity contribution in [1.82, 2.24) is 0 Å². The predicted octanol–water partition coefficient (Wildman–Crippen LogP) is 7.57. The minimum absolute atomic E-state index is 0.149. The molecular weight excluding hydrogens is 523 g/mol. The molecule has 39 heavy (non-hydrogen) atoms. The first-order chi connectivity index (χ1) is 18.9. The number of nitrogens with zero attached hydrogens (tertiary/aromatic N) is 1. The number of thiophene rings is 1. The summed E-state index contributed by atoms with van der Waals surface area (Å²) in [5.74, 6) is 0.104. The van der Waals surface area contributed by atoms with E-state index in [1.54, 1.807) is 12.1 Å². The van der Waals surface area contributed by atoms with Crippen molar-refractivity contribution in [1.29, 1.82) is 5.26 Å². The minimum atomic E-state index is -0.393. The molecule has 0 radical (unpaired) electrons. The largest absolute Gasteiger partial charge is 0.322 e. The maximum atomic E-state index is 13.2. The maximum absolute atomic E-state index is 13.2. The fourth-order valence-electron chi connectivity index (χ4n) is 4.83. The standard InChI is InChI=1S/C32H29N3O2S2/c1-20-11-13-23(14-12-20)31(37)34-25-9-6-10-26(18-25)38-21(2)30(36)35-32-28(19-33)27-16-15-24(17-29(27)39-32)22-7-4-3-5-8-22/h3-14,18,21,24H,15-17H2,1-2H3,(H,34,37)(H,35,36). The number of benzene rings is 3. The second kappa shape index (κ2) is 11.9. The number of hydrogen-bond acceptors (Lipinski definition) is 5. The molecule has 0 spiro atoms. The van der Waals surface area contributed by atoms with E-state index >= 15 is 0 Å². The normalized spacial score (nSPS) is 15.1. The third-order valence-corrected chi connectivity index (χ3v) is 9.24. The number of hydrogen-bond donors (Lipinski definition) is 2. The topological polar surface area (TPSA) is 82.0 Å². The molecule has 1 aliphatic carbocycles. The predicted molar refractivity (Wildman–Crippen MR) is 160 cm³/mol. The van der Waals surface area contributed by atoms with Crippen molar-refractivity contribution >= 4 is 45.6 Å². The Kier molecular flexibility index (Phi) is 8.16. The van der Waals surface area contributed by atoms with E-state index in [9.17, 15) is 14.9 Å². The fourth-order valence-corrected chi connectivity index (χ4v) is 7.04. The summed E-state index contributed by atoms with van der Waals surface area (Å²) in [7, 11) is 0. The Bertz CT molecular complexity index is 1540. The Balaban J connectivity index is 1.23. The summed E-state index contributed by atoms with van der Waals surface area (Å²) in [4.78, 5) is 27.8. The zero-order valence-electron chi connectivity index (χ0n) is 21.9. The van der Waals surface area contributed by atoms with Gasteiger partial charge in [0.25, 0.3) is 5.91 Å². The van der Waals surface area contributed by atoms with Gasteiger partial charge in [0.1, 0.15) is 11.1 Å². The number of anilines is 2. The van der Waals surface area contributed by atoms with Gasteiger partial charge < -0.3 is 10.6 Å². The molecule has 3 aromatic carbocycles. The SMILES string of the molecule is Cc1ccc(C(=O)Nc2cccc(SC(C)C(=O)Nc3sc4c(c3C#N)CCC(c3ccccc3)C4)c2)cc1. The molecule has 0 saturated heterocycles. The number of amides is 2. The third kappa shape index (κ3) is 6.25. The van der Waals surface area contributed by atoms with E-state index in [1.165, 1.54) is 33.5 Å². The lowest BCUT2D eigenvalue weighted by Crippen LogP contribution is -2.22. The number of thioether (sulfide) groups is 1. The van der Waals surface area contributed by atoms with E-state index in [0.717, 1.165) is 35.3 Å².